The van der Waals surface area contributed by atoms with Gasteiger partial charge in [-0.3, -0.25) is 10.1 Å². The lowest BCUT2D eigenvalue weighted by Gasteiger charge is -2.07. The molecule has 3 aromatic heterocycles. The Morgan fingerprint density at radius 2 is 2.00 bits per heavy atom. The molecular weight excluding hydrogens is 425 g/mol. The lowest BCUT2D eigenvalue weighted by Crippen LogP contribution is -1.94. The first-order chi connectivity index (χ1) is 16.4. The third-order valence-electron chi connectivity index (χ3n) is 5.59. The zero-order valence-corrected chi connectivity index (χ0v) is 19.2. The van der Waals surface area contributed by atoms with Crippen molar-refractivity contribution in [1.82, 2.24) is 20.2 Å². The minimum Gasteiger partial charge on any atom is -0.399 e. The first kappa shape index (κ1) is 22.7. The molecule has 0 bridgehead atoms. The van der Waals surface area contributed by atoms with E-state index in [2.05, 4.69) is 33.3 Å². The first-order valence-corrected chi connectivity index (χ1v) is 10.8. The highest BCUT2D eigenvalue weighted by atomic mass is 19.1. The Morgan fingerprint density at radius 3 is 2.71 bits per heavy atom. The molecule has 0 spiro atoms. The molecule has 1 aromatic carbocycles. The summed E-state index contributed by atoms with van der Waals surface area (Å²) < 4.78 is 13.9. The van der Waals surface area contributed by atoms with E-state index in [0.29, 0.717) is 5.70 Å². The van der Waals surface area contributed by atoms with Crippen molar-refractivity contribution in [2.75, 3.05) is 0 Å². The number of aromatic amines is 2. The first-order valence-electron chi connectivity index (χ1n) is 10.8. The molecule has 0 saturated carbocycles. The highest BCUT2D eigenvalue weighted by molar-refractivity contribution is 5.95. The Morgan fingerprint density at radius 1 is 1.18 bits per heavy atom. The van der Waals surface area contributed by atoms with E-state index in [-0.39, 0.29) is 5.82 Å². The topological polar surface area (TPSA) is 83.4 Å². The van der Waals surface area contributed by atoms with Crippen LogP contribution in [0.4, 0.5) is 4.39 Å². The quantitative estimate of drug-likeness (QED) is 0.282. The van der Waals surface area contributed by atoms with E-state index in [0.717, 1.165) is 56.0 Å². The van der Waals surface area contributed by atoms with Crippen LogP contribution in [0.3, 0.4) is 0 Å². The third-order valence-corrected chi connectivity index (χ3v) is 5.59. The zero-order valence-electron chi connectivity index (χ0n) is 19.2. The molecule has 170 valence electrons. The fourth-order valence-corrected chi connectivity index (χ4v) is 3.90. The standard InChI is InChI=1S/C28H26FN5/c1-5-9-22(19-10-8-11-20(29)12-19)23-14-26(32-17(23)4)28-24-15-25(31-16-27(24)33-34-28)18(6-2)13-21(30)7-3/h5-16,32H,1,3,30H2,2,4H3,(H,33,34)/b18-6+,21-13+,22-9-. The van der Waals surface area contributed by atoms with Crippen molar-refractivity contribution in [2.45, 2.75) is 13.8 Å². The number of aromatic nitrogens is 4. The van der Waals surface area contributed by atoms with E-state index in [1.807, 2.05) is 50.3 Å². The number of hydrogen-bond donors (Lipinski definition) is 3. The number of fused-ring (bicyclic) bond motifs is 1. The monoisotopic (exact) mass is 451 g/mol. The zero-order chi connectivity index (χ0) is 24.2. The summed E-state index contributed by atoms with van der Waals surface area (Å²) in [5, 5.41) is 8.52. The Hall–Kier alpha value is -4.45. The van der Waals surface area contributed by atoms with Gasteiger partial charge in [0.15, 0.2) is 0 Å². The van der Waals surface area contributed by atoms with E-state index in [4.69, 9.17) is 5.73 Å². The van der Waals surface area contributed by atoms with Crippen LogP contribution < -0.4 is 5.73 Å². The molecule has 0 atom stereocenters. The van der Waals surface area contributed by atoms with E-state index < -0.39 is 0 Å². The molecule has 34 heavy (non-hydrogen) atoms. The number of H-pyrrole nitrogens is 2. The fraction of sp³-hybridized carbons (Fsp3) is 0.0714. The molecule has 0 radical (unpaired) electrons. The minimum atomic E-state index is -0.287. The average Bonchev–Trinajstić information content (AvgIpc) is 3.43. The van der Waals surface area contributed by atoms with Gasteiger partial charge in [0.2, 0.25) is 0 Å². The summed E-state index contributed by atoms with van der Waals surface area (Å²) in [4.78, 5) is 7.99. The van der Waals surface area contributed by atoms with Crippen molar-refractivity contribution in [3.8, 4) is 11.4 Å². The van der Waals surface area contributed by atoms with Crippen LogP contribution in [0, 0.1) is 12.7 Å². The predicted octanol–water partition coefficient (Wildman–Crippen LogP) is 6.45. The van der Waals surface area contributed by atoms with Gasteiger partial charge in [0.05, 0.1) is 23.1 Å². The average molecular weight is 452 g/mol. The number of rotatable bonds is 7. The maximum atomic E-state index is 13.9. The number of pyridine rings is 1. The van der Waals surface area contributed by atoms with Crippen LogP contribution in [-0.4, -0.2) is 20.2 Å². The lowest BCUT2D eigenvalue weighted by atomic mass is 9.97. The minimum absolute atomic E-state index is 0.287. The maximum Gasteiger partial charge on any atom is 0.123 e. The van der Waals surface area contributed by atoms with Gasteiger partial charge >= 0.3 is 0 Å². The summed E-state index contributed by atoms with van der Waals surface area (Å²) in [5.74, 6) is -0.287. The van der Waals surface area contributed by atoms with Crippen LogP contribution in [0.1, 0.15) is 29.4 Å². The lowest BCUT2D eigenvalue weighted by molar-refractivity contribution is 0.627. The summed E-state index contributed by atoms with van der Waals surface area (Å²) in [5.41, 5.74) is 14.1. The van der Waals surface area contributed by atoms with Crippen molar-refractivity contribution < 1.29 is 4.39 Å². The van der Waals surface area contributed by atoms with Gasteiger partial charge in [-0.25, -0.2) is 4.39 Å². The van der Waals surface area contributed by atoms with Gasteiger partial charge in [-0.1, -0.05) is 43.5 Å². The van der Waals surface area contributed by atoms with E-state index in [1.54, 1.807) is 24.4 Å². The van der Waals surface area contributed by atoms with Crippen LogP contribution in [0.25, 0.3) is 33.4 Å². The maximum absolute atomic E-state index is 13.9. The molecule has 4 aromatic rings. The molecule has 4 N–H and O–H groups in total. The second-order valence-electron chi connectivity index (χ2n) is 7.83. The predicted molar refractivity (Wildman–Crippen MR) is 138 cm³/mol. The van der Waals surface area contributed by atoms with Crippen LogP contribution in [0.5, 0.6) is 0 Å². The van der Waals surface area contributed by atoms with E-state index in [9.17, 15) is 4.39 Å². The van der Waals surface area contributed by atoms with Gasteiger partial charge < -0.3 is 10.7 Å². The van der Waals surface area contributed by atoms with Crippen molar-refractivity contribution >= 4 is 22.0 Å². The molecule has 5 nitrogen and oxygen atoms in total. The summed E-state index contributed by atoms with van der Waals surface area (Å²) in [6, 6.07) is 10.5. The number of benzene rings is 1. The van der Waals surface area contributed by atoms with Crippen molar-refractivity contribution in [2.24, 2.45) is 5.73 Å². The van der Waals surface area contributed by atoms with Crippen LogP contribution in [0.15, 0.2) is 91.8 Å². The number of halogens is 1. The van der Waals surface area contributed by atoms with Gasteiger partial charge in [0, 0.05) is 22.3 Å². The number of aryl methyl sites for hydroxylation is 1. The summed E-state index contributed by atoms with van der Waals surface area (Å²) in [6.07, 6.45) is 10.7. The number of nitrogens with zero attached hydrogens (tertiary/aromatic N) is 2. The summed E-state index contributed by atoms with van der Waals surface area (Å²) >= 11 is 0. The van der Waals surface area contributed by atoms with E-state index >= 15 is 0 Å². The van der Waals surface area contributed by atoms with Gasteiger partial charge in [-0.2, -0.15) is 5.10 Å². The highest BCUT2D eigenvalue weighted by Gasteiger charge is 2.17. The molecule has 0 fully saturated rings. The van der Waals surface area contributed by atoms with Gasteiger partial charge in [-0.15, -0.1) is 0 Å². The Labute approximate surface area is 197 Å². The third kappa shape index (κ3) is 4.38. The fourth-order valence-electron chi connectivity index (χ4n) is 3.90. The smallest absolute Gasteiger partial charge is 0.123 e. The van der Waals surface area contributed by atoms with E-state index in [1.165, 1.54) is 12.1 Å². The van der Waals surface area contributed by atoms with Crippen LogP contribution >= 0.6 is 0 Å². The van der Waals surface area contributed by atoms with Gasteiger partial charge in [-0.05, 0) is 67.0 Å². The summed E-state index contributed by atoms with van der Waals surface area (Å²) in [6.45, 7) is 11.5. The molecule has 0 aliphatic carbocycles. The van der Waals surface area contributed by atoms with Gasteiger partial charge in [0.1, 0.15) is 11.5 Å². The van der Waals surface area contributed by atoms with Crippen LogP contribution in [0.2, 0.25) is 0 Å². The summed E-state index contributed by atoms with van der Waals surface area (Å²) in [7, 11) is 0. The SMILES string of the molecule is C=C/C=C(/c1cccc(F)c1)c1cc(-c2n[nH]c3cnc(C(/C=C(/N)C=C)=C/C)cc23)[nH]c1C. The molecule has 0 aliphatic rings. The molecule has 0 amide bonds. The number of nitrogens with one attached hydrogen (secondary N) is 2. The molecule has 3 heterocycles. The molecule has 0 aliphatic heterocycles. The number of nitrogens with two attached hydrogens (primary N) is 1. The molecule has 6 heteroatoms. The number of allylic oxidation sites excluding steroid dienone is 6. The highest BCUT2D eigenvalue weighted by Crippen LogP contribution is 2.33. The Balaban J connectivity index is 1.82. The normalized spacial score (nSPS) is 12.9. The Kier molecular flexibility index (Phi) is 6.41. The second kappa shape index (κ2) is 9.58. The molecule has 4 rings (SSSR count). The van der Waals surface area contributed by atoms with Crippen molar-refractivity contribution in [3.05, 3.63) is 120 Å². The number of hydrogen-bond acceptors (Lipinski definition) is 3. The molecular formula is C28H26FN5. The molecule has 0 unspecified atom stereocenters. The van der Waals surface area contributed by atoms with Crippen molar-refractivity contribution in [1.29, 1.82) is 0 Å². The van der Waals surface area contributed by atoms with Crippen LogP contribution in [-0.2, 0) is 0 Å². The van der Waals surface area contributed by atoms with Gasteiger partial charge in [0.25, 0.3) is 0 Å². The Bertz CT molecular complexity index is 1480. The largest absolute Gasteiger partial charge is 0.399 e. The molecule has 0 saturated heterocycles. The second-order valence-corrected chi connectivity index (χ2v) is 7.83. The van der Waals surface area contributed by atoms with Crippen molar-refractivity contribution in [3.63, 3.8) is 0 Å².